The molecule has 0 N–H and O–H groups in total. The highest BCUT2D eigenvalue weighted by Crippen LogP contribution is 2.29. The van der Waals surface area contributed by atoms with Gasteiger partial charge in [0.05, 0.1) is 10.2 Å². The molecule has 0 bridgehead atoms. The first-order valence-electron chi connectivity index (χ1n) is 8.80. The first-order chi connectivity index (χ1) is 13.8. The number of benzene rings is 2. The Labute approximate surface area is 170 Å². The number of nitrogens with zero attached hydrogens (tertiary/aromatic N) is 3. The van der Waals surface area contributed by atoms with Crippen molar-refractivity contribution in [3.8, 4) is 11.5 Å². The van der Waals surface area contributed by atoms with E-state index in [4.69, 9.17) is 9.15 Å². The van der Waals surface area contributed by atoms with Gasteiger partial charge < -0.3 is 9.15 Å². The van der Waals surface area contributed by atoms with Gasteiger partial charge in [-0.05, 0) is 30.7 Å². The molecular formula is C20H17N3O3S2. The van der Waals surface area contributed by atoms with Crippen molar-refractivity contribution >= 4 is 39.3 Å². The Bertz CT molecular complexity index is 1030. The highest BCUT2D eigenvalue weighted by atomic mass is 32.2. The number of hydrogen-bond donors (Lipinski definition) is 0. The van der Waals surface area contributed by atoms with Crippen molar-refractivity contribution in [1.82, 2.24) is 15.2 Å². The summed E-state index contributed by atoms with van der Waals surface area (Å²) in [6, 6.07) is 17.5. The Kier molecular flexibility index (Phi) is 5.98. The minimum Gasteiger partial charge on any atom is -0.456 e. The Balaban J connectivity index is 1.18. The van der Waals surface area contributed by atoms with Gasteiger partial charge >= 0.3 is 5.97 Å². The molecule has 0 unspecified atom stereocenters. The van der Waals surface area contributed by atoms with Crippen LogP contribution in [0.2, 0.25) is 0 Å². The molecule has 0 saturated carbocycles. The molecule has 28 heavy (non-hydrogen) atoms. The van der Waals surface area contributed by atoms with Crippen molar-refractivity contribution in [3.63, 3.8) is 0 Å². The van der Waals surface area contributed by atoms with Gasteiger partial charge in [-0.2, -0.15) is 0 Å². The lowest BCUT2D eigenvalue weighted by molar-refractivity contribution is -0.145. The summed E-state index contributed by atoms with van der Waals surface area (Å²) in [5.41, 5.74) is 1.85. The summed E-state index contributed by atoms with van der Waals surface area (Å²) < 4.78 is 12.9. The lowest BCUT2D eigenvalue weighted by Gasteiger charge is -2.01. The van der Waals surface area contributed by atoms with Crippen LogP contribution in [0, 0.1) is 0 Å². The molecule has 0 aliphatic rings. The smallest absolute Gasteiger partial charge is 0.306 e. The number of fused-ring (bicyclic) bond motifs is 1. The Morgan fingerprint density at radius 1 is 1.07 bits per heavy atom. The molecular weight excluding hydrogens is 394 g/mol. The molecule has 0 atom stereocenters. The van der Waals surface area contributed by atoms with Crippen LogP contribution in [0.5, 0.6) is 0 Å². The molecule has 0 saturated heterocycles. The summed E-state index contributed by atoms with van der Waals surface area (Å²) in [7, 11) is 0. The number of carbonyl (C=O) groups is 1. The highest BCUT2D eigenvalue weighted by Gasteiger charge is 2.11. The van der Waals surface area contributed by atoms with E-state index >= 15 is 0 Å². The van der Waals surface area contributed by atoms with Crippen LogP contribution in [0.25, 0.3) is 21.7 Å². The average molecular weight is 412 g/mol. The molecule has 6 nitrogen and oxygen atoms in total. The van der Waals surface area contributed by atoms with E-state index in [0.717, 1.165) is 27.6 Å². The van der Waals surface area contributed by atoms with Gasteiger partial charge in [0.1, 0.15) is 0 Å². The fourth-order valence-corrected chi connectivity index (χ4v) is 4.59. The molecule has 4 aromatic rings. The van der Waals surface area contributed by atoms with Gasteiger partial charge in [0.25, 0.3) is 5.89 Å². The summed E-state index contributed by atoms with van der Waals surface area (Å²) in [6.07, 6.45) is 1.07. The van der Waals surface area contributed by atoms with E-state index in [1.165, 1.54) is 4.70 Å². The predicted octanol–water partition coefficient (Wildman–Crippen LogP) is 4.96. The molecule has 0 fully saturated rings. The lowest BCUT2D eigenvalue weighted by atomic mass is 10.2. The van der Waals surface area contributed by atoms with E-state index in [0.29, 0.717) is 12.3 Å². The molecule has 142 valence electrons. The number of aromatic nitrogens is 3. The molecule has 0 amide bonds. The maximum Gasteiger partial charge on any atom is 0.306 e. The van der Waals surface area contributed by atoms with Crippen LogP contribution in [0.4, 0.5) is 0 Å². The standard InChI is InChI=1S/C20H17N3O3S2/c24-18(11-6-12-27-20-21-15-9-4-5-10-16(15)28-20)25-13-17-22-23-19(26-17)14-7-2-1-3-8-14/h1-5,7-10H,6,11-13H2. The van der Waals surface area contributed by atoms with Gasteiger partial charge in [-0.1, -0.05) is 42.1 Å². The molecule has 0 aliphatic heterocycles. The van der Waals surface area contributed by atoms with Crippen LogP contribution < -0.4 is 0 Å². The molecule has 0 radical (unpaired) electrons. The van der Waals surface area contributed by atoms with Crippen LogP contribution in [-0.2, 0) is 16.1 Å². The minimum absolute atomic E-state index is 0.0102. The van der Waals surface area contributed by atoms with E-state index in [1.54, 1.807) is 23.1 Å². The molecule has 2 aromatic carbocycles. The molecule has 2 aromatic heterocycles. The third-order valence-electron chi connectivity index (χ3n) is 3.87. The molecule has 0 aliphatic carbocycles. The zero-order valence-electron chi connectivity index (χ0n) is 14.9. The van der Waals surface area contributed by atoms with Crippen molar-refractivity contribution < 1.29 is 13.9 Å². The quantitative estimate of drug-likeness (QED) is 0.230. The number of thioether (sulfide) groups is 1. The maximum atomic E-state index is 11.9. The number of ether oxygens (including phenoxy) is 1. The van der Waals surface area contributed by atoms with Gasteiger partial charge in [-0.25, -0.2) is 4.98 Å². The Hall–Kier alpha value is -2.71. The zero-order valence-corrected chi connectivity index (χ0v) is 16.5. The third kappa shape index (κ3) is 4.76. The van der Waals surface area contributed by atoms with Crippen LogP contribution in [-0.4, -0.2) is 26.9 Å². The number of esters is 1. The summed E-state index contributed by atoms with van der Waals surface area (Å²) in [4.78, 5) is 16.5. The highest BCUT2D eigenvalue weighted by molar-refractivity contribution is 8.01. The van der Waals surface area contributed by atoms with E-state index in [1.807, 2.05) is 48.5 Å². The van der Waals surface area contributed by atoms with Crippen molar-refractivity contribution in [2.75, 3.05) is 5.75 Å². The van der Waals surface area contributed by atoms with Gasteiger partial charge in [0, 0.05) is 17.7 Å². The summed E-state index contributed by atoms with van der Waals surface area (Å²) >= 11 is 3.33. The van der Waals surface area contributed by atoms with E-state index < -0.39 is 0 Å². The van der Waals surface area contributed by atoms with Crippen molar-refractivity contribution in [3.05, 3.63) is 60.5 Å². The number of para-hydroxylation sites is 1. The first-order valence-corrected chi connectivity index (χ1v) is 10.6. The van der Waals surface area contributed by atoms with E-state index in [2.05, 4.69) is 21.2 Å². The predicted molar refractivity (Wildman–Crippen MR) is 109 cm³/mol. The van der Waals surface area contributed by atoms with Crippen LogP contribution in [0.1, 0.15) is 18.7 Å². The summed E-state index contributed by atoms with van der Waals surface area (Å²) in [5, 5.41) is 7.89. The summed E-state index contributed by atoms with van der Waals surface area (Å²) in [5.74, 6) is 1.24. The molecule has 4 rings (SSSR count). The lowest BCUT2D eigenvalue weighted by Crippen LogP contribution is -2.05. The Morgan fingerprint density at radius 2 is 1.89 bits per heavy atom. The normalized spacial score (nSPS) is 11.0. The largest absolute Gasteiger partial charge is 0.456 e. The van der Waals surface area contributed by atoms with Crippen molar-refractivity contribution in [2.24, 2.45) is 0 Å². The second-order valence-corrected chi connectivity index (χ2v) is 8.30. The van der Waals surface area contributed by atoms with E-state index in [-0.39, 0.29) is 18.5 Å². The van der Waals surface area contributed by atoms with Crippen molar-refractivity contribution in [1.29, 1.82) is 0 Å². The maximum absolute atomic E-state index is 11.9. The molecule has 2 heterocycles. The monoisotopic (exact) mass is 411 g/mol. The van der Waals surface area contributed by atoms with Crippen molar-refractivity contribution in [2.45, 2.75) is 23.8 Å². The molecule has 8 heteroatoms. The Morgan fingerprint density at radius 3 is 2.75 bits per heavy atom. The van der Waals surface area contributed by atoms with Gasteiger partial charge in [-0.3, -0.25) is 4.79 Å². The number of hydrogen-bond acceptors (Lipinski definition) is 8. The summed E-state index contributed by atoms with van der Waals surface area (Å²) in [6.45, 7) is -0.0102. The minimum atomic E-state index is -0.274. The SMILES string of the molecule is O=C(CCCSc1nc2ccccc2s1)OCc1nnc(-c2ccccc2)o1. The van der Waals surface area contributed by atoms with Gasteiger partial charge in [0.15, 0.2) is 10.9 Å². The van der Waals surface area contributed by atoms with Gasteiger partial charge in [-0.15, -0.1) is 21.5 Å². The topological polar surface area (TPSA) is 78.1 Å². The second kappa shape index (κ2) is 8.99. The number of thiazole rings is 1. The van der Waals surface area contributed by atoms with Crippen LogP contribution in [0.15, 0.2) is 63.4 Å². The van der Waals surface area contributed by atoms with E-state index in [9.17, 15) is 4.79 Å². The first kappa shape index (κ1) is 18.6. The second-order valence-electron chi connectivity index (χ2n) is 5.93. The fourth-order valence-electron chi connectivity index (χ4n) is 2.51. The molecule has 0 spiro atoms. The average Bonchev–Trinajstić information content (AvgIpc) is 3.37. The fraction of sp³-hybridized carbons (Fsp3) is 0.200. The van der Waals surface area contributed by atoms with Crippen LogP contribution >= 0.6 is 23.1 Å². The third-order valence-corrected chi connectivity index (χ3v) is 6.13. The number of carbonyl (C=O) groups excluding carboxylic acids is 1. The van der Waals surface area contributed by atoms with Gasteiger partial charge in [0.2, 0.25) is 5.89 Å². The zero-order chi connectivity index (χ0) is 19.2. The number of rotatable bonds is 8. The van der Waals surface area contributed by atoms with Crippen LogP contribution in [0.3, 0.4) is 0 Å².